The van der Waals surface area contributed by atoms with E-state index in [-0.39, 0.29) is 23.9 Å². The van der Waals surface area contributed by atoms with E-state index in [1.165, 1.54) is 0 Å². The quantitative estimate of drug-likeness (QED) is 0.861. The van der Waals surface area contributed by atoms with Crippen LogP contribution in [0.3, 0.4) is 0 Å². The number of nitrogens with one attached hydrogen (secondary N) is 2. The molecule has 1 aliphatic rings. The number of amides is 2. The Morgan fingerprint density at radius 1 is 1.17 bits per heavy atom. The first kappa shape index (κ1) is 17.3. The molecule has 126 valence electrons. The van der Waals surface area contributed by atoms with Crippen molar-refractivity contribution < 1.29 is 27.5 Å². The number of halogens is 3. The molecule has 5 nitrogen and oxygen atoms in total. The van der Waals surface area contributed by atoms with Gasteiger partial charge in [0.1, 0.15) is 0 Å². The van der Waals surface area contributed by atoms with Crippen molar-refractivity contribution >= 4 is 11.8 Å². The molecule has 8 heteroatoms. The van der Waals surface area contributed by atoms with Crippen molar-refractivity contribution in [3.63, 3.8) is 0 Å². The molecule has 2 rings (SSSR count). The molecular weight excluding hydrogens is 313 g/mol. The molecule has 1 atom stereocenters. The molecule has 1 aromatic carbocycles. The minimum absolute atomic E-state index is 0.0648. The van der Waals surface area contributed by atoms with Gasteiger partial charge in [0.25, 0.3) is 5.91 Å². The van der Waals surface area contributed by atoms with Gasteiger partial charge in [-0.1, -0.05) is 0 Å². The molecule has 1 heterocycles. The first-order valence-electron chi connectivity index (χ1n) is 7.16. The van der Waals surface area contributed by atoms with Gasteiger partial charge in [-0.15, -0.1) is 0 Å². The molecule has 1 aromatic rings. The second kappa shape index (κ2) is 7.45. The smallest absolute Gasteiger partial charge is 0.381 e. The SMILES string of the molecule is O=C(CNC(=O)c1ccc(C(F)(F)F)cc1)NC[C@@H]1CCOC1. The van der Waals surface area contributed by atoms with E-state index in [0.29, 0.717) is 19.8 Å². The van der Waals surface area contributed by atoms with Gasteiger partial charge in [-0.05, 0) is 30.7 Å². The molecule has 0 saturated carbocycles. The molecule has 1 aliphatic heterocycles. The summed E-state index contributed by atoms with van der Waals surface area (Å²) in [5.41, 5.74) is -0.763. The van der Waals surface area contributed by atoms with Crippen LogP contribution >= 0.6 is 0 Å². The van der Waals surface area contributed by atoms with Gasteiger partial charge >= 0.3 is 6.18 Å². The van der Waals surface area contributed by atoms with Gasteiger partial charge in [-0.3, -0.25) is 9.59 Å². The topological polar surface area (TPSA) is 67.4 Å². The molecule has 0 spiro atoms. The molecule has 0 aliphatic carbocycles. The fourth-order valence-electron chi connectivity index (χ4n) is 2.14. The average Bonchev–Trinajstić information content (AvgIpc) is 3.03. The summed E-state index contributed by atoms with van der Waals surface area (Å²) in [7, 11) is 0. The predicted molar refractivity (Wildman–Crippen MR) is 75.7 cm³/mol. The van der Waals surface area contributed by atoms with Crippen LogP contribution in [-0.4, -0.2) is 38.1 Å². The highest BCUT2D eigenvalue weighted by atomic mass is 19.4. The number of ether oxygens (including phenoxy) is 1. The largest absolute Gasteiger partial charge is 0.416 e. The van der Waals surface area contributed by atoms with E-state index in [0.717, 1.165) is 30.7 Å². The Kier molecular flexibility index (Phi) is 5.59. The molecule has 1 saturated heterocycles. The van der Waals surface area contributed by atoms with E-state index in [9.17, 15) is 22.8 Å². The number of carbonyl (C=O) groups is 2. The Morgan fingerprint density at radius 2 is 1.87 bits per heavy atom. The van der Waals surface area contributed by atoms with Gasteiger partial charge in [-0.2, -0.15) is 13.2 Å². The molecule has 0 aromatic heterocycles. The maximum absolute atomic E-state index is 12.4. The molecule has 23 heavy (non-hydrogen) atoms. The maximum atomic E-state index is 12.4. The molecule has 0 bridgehead atoms. The van der Waals surface area contributed by atoms with Crippen molar-refractivity contribution in [2.24, 2.45) is 5.92 Å². The highest BCUT2D eigenvalue weighted by Crippen LogP contribution is 2.29. The van der Waals surface area contributed by atoms with Gasteiger partial charge in [0.15, 0.2) is 0 Å². The average molecular weight is 330 g/mol. The van der Waals surface area contributed by atoms with Crippen molar-refractivity contribution in [1.82, 2.24) is 10.6 Å². The standard InChI is InChI=1S/C15H17F3N2O3/c16-15(17,18)12-3-1-11(2-4-12)14(22)20-8-13(21)19-7-10-5-6-23-9-10/h1-4,10H,5-9H2,(H,19,21)(H,20,22)/t10-/m0/s1. The monoisotopic (exact) mass is 330 g/mol. The first-order chi connectivity index (χ1) is 10.9. The van der Waals surface area contributed by atoms with Crippen LogP contribution in [0, 0.1) is 5.92 Å². The van der Waals surface area contributed by atoms with E-state index >= 15 is 0 Å². The van der Waals surface area contributed by atoms with Gasteiger partial charge in [0.2, 0.25) is 5.91 Å². The zero-order chi connectivity index (χ0) is 16.9. The number of carbonyl (C=O) groups excluding carboxylic acids is 2. The van der Waals surface area contributed by atoms with Crippen LogP contribution in [0.25, 0.3) is 0 Å². The normalized spacial score (nSPS) is 17.8. The second-order valence-electron chi connectivity index (χ2n) is 5.29. The summed E-state index contributed by atoms with van der Waals surface area (Å²) in [6.07, 6.45) is -3.56. The van der Waals surface area contributed by atoms with Crippen LogP contribution in [0.5, 0.6) is 0 Å². The fraction of sp³-hybridized carbons (Fsp3) is 0.467. The van der Waals surface area contributed by atoms with Crippen LogP contribution in [0.4, 0.5) is 13.2 Å². The summed E-state index contributed by atoms with van der Waals surface area (Å²) in [5, 5.41) is 5.05. The number of hydrogen-bond acceptors (Lipinski definition) is 3. The summed E-state index contributed by atoms with van der Waals surface area (Å²) in [6.45, 7) is 1.55. The lowest BCUT2D eigenvalue weighted by atomic mass is 10.1. The second-order valence-corrected chi connectivity index (χ2v) is 5.29. The van der Waals surface area contributed by atoms with Gasteiger partial charge in [-0.25, -0.2) is 0 Å². The number of rotatable bonds is 5. The molecule has 2 N–H and O–H groups in total. The summed E-state index contributed by atoms with van der Waals surface area (Å²) in [5.74, 6) is -0.667. The Balaban J connectivity index is 1.76. The lowest BCUT2D eigenvalue weighted by molar-refractivity contribution is -0.137. The highest BCUT2D eigenvalue weighted by Gasteiger charge is 2.30. The lowest BCUT2D eigenvalue weighted by Gasteiger charge is -2.10. The van der Waals surface area contributed by atoms with E-state index in [1.54, 1.807) is 0 Å². The third kappa shape index (κ3) is 5.24. The van der Waals surface area contributed by atoms with Crippen LogP contribution in [0.2, 0.25) is 0 Å². The lowest BCUT2D eigenvalue weighted by Crippen LogP contribution is -2.39. The molecule has 0 unspecified atom stereocenters. The Hall–Kier alpha value is -2.09. The summed E-state index contributed by atoms with van der Waals surface area (Å²) in [4.78, 5) is 23.4. The van der Waals surface area contributed by atoms with Crippen molar-refractivity contribution in [2.75, 3.05) is 26.3 Å². The zero-order valence-electron chi connectivity index (χ0n) is 12.3. The van der Waals surface area contributed by atoms with E-state index < -0.39 is 17.6 Å². The minimum atomic E-state index is -4.45. The van der Waals surface area contributed by atoms with Crippen molar-refractivity contribution in [1.29, 1.82) is 0 Å². The van der Waals surface area contributed by atoms with Crippen molar-refractivity contribution in [3.05, 3.63) is 35.4 Å². The predicted octanol–water partition coefficient (Wildman–Crippen LogP) is 1.59. The van der Waals surface area contributed by atoms with Crippen LogP contribution in [-0.2, 0) is 15.7 Å². The molecule has 1 fully saturated rings. The maximum Gasteiger partial charge on any atom is 0.416 e. The van der Waals surface area contributed by atoms with Crippen molar-refractivity contribution in [2.45, 2.75) is 12.6 Å². The van der Waals surface area contributed by atoms with Gasteiger partial charge in [0.05, 0.1) is 18.7 Å². The van der Waals surface area contributed by atoms with Crippen LogP contribution in [0.15, 0.2) is 24.3 Å². The van der Waals surface area contributed by atoms with Gasteiger partial charge < -0.3 is 15.4 Å². The first-order valence-corrected chi connectivity index (χ1v) is 7.16. The van der Waals surface area contributed by atoms with Crippen LogP contribution in [0.1, 0.15) is 22.3 Å². The fourth-order valence-corrected chi connectivity index (χ4v) is 2.14. The van der Waals surface area contributed by atoms with Crippen molar-refractivity contribution in [3.8, 4) is 0 Å². The molecule has 0 radical (unpaired) electrons. The molecule has 2 amide bonds. The molecular formula is C15H17F3N2O3. The van der Waals surface area contributed by atoms with Crippen LogP contribution < -0.4 is 10.6 Å². The number of alkyl halides is 3. The number of hydrogen-bond donors (Lipinski definition) is 2. The number of benzene rings is 1. The minimum Gasteiger partial charge on any atom is -0.381 e. The Bertz CT molecular complexity index is 552. The summed E-state index contributed by atoms with van der Waals surface area (Å²) < 4.78 is 42.5. The Morgan fingerprint density at radius 3 is 2.43 bits per heavy atom. The third-order valence-electron chi connectivity index (χ3n) is 3.50. The van der Waals surface area contributed by atoms with E-state index in [2.05, 4.69) is 10.6 Å². The third-order valence-corrected chi connectivity index (χ3v) is 3.50. The Labute approximate surface area is 131 Å². The highest BCUT2D eigenvalue weighted by molar-refractivity contribution is 5.96. The van der Waals surface area contributed by atoms with Gasteiger partial charge in [0, 0.05) is 24.6 Å². The zero-order valence-corrected chi connectivity index (χ0v) is 12.3. The summed E-state index contributed by atoms with van der Waals surface area (Å²) in [6, 6.07) is 3.81. The van der Waals surface area contributed by atoms with E-state index in [4.69, 9.17) is 4.74 Å². The summed E-state index contributed by atoms with van der Waals surface area (Å²) >= 11 is 0. The van der Waals surface area contributed by atoms with E-state index in [1.807, 2.05) is 0 Å².